The SMILES string of the molecule is CCC1NCCC1(C)CC. The van der Waals surface area contributed by atoms with Crippen LogP contribution in [0, 0.1) is 5.41 Å². The molecule has 0 aromatic carbocycles. The first-order valence-corrected chi connectivity index (χ1v) is 4.46. The van der Waals surface area contributed by atoms with Gasteiger partial charge in [0.1, 0.15) is 0 Å². The van der Waals surface area contributed by atoms with Crippen LogP contribution < -0.4 is 5.32 Å². The summed E-state index contributed by atoms with van der Waals surface area (Å²) in [5.41, 5.74) is 0.592. The molecule has 0 amide bonds. The summed E-state index contributed by atoms with van der Waals surface area (Å²) in [6, 6.07) is 0.775. The van der Waals surface area contributed by atoms with Gasteiger partial charge in [0.05, 0.1) is 0 Å². The number of hydrogen-bond donors (Lipinski definition) is 1. The van der Waals surface area contributed by atoms with Gasteiger partial charge in [-0.25, -0.2) is 0 Å². The van der Waals surface area contributed by atoms with E-state index in [0.29, 0.717) is 5.41 Å². The molecular formula is C9H19N. The fourth-order valence-electron chi connectivity index (χ4n) is 2.01. The molecule has 2 atom stereocenters. The average molecular weight is 141 g/mol. The largest absolute Gasteiger partial charge is 0.313 e. The summed E-state index contributed by atoms with van der Waals surface area (Å²) in [6.07, 6.45) is 3.96. The highest BCUT2D eigenvalue weighted by Gasteiger charge is 2.35. The molecule has 0 aromatic rings. The lowest BCUT2D eigenvalue weighted by atomic mass is 9.79. The number of hydrogen-bond acceptors (Lipinski definition) is 1. The van der Waals surface area contributed by atoms with Crippen LogP contribution in [0.25, 0.3) is 0 Å². The molecule has 0 saturated carbocycles. The highest BCUT2D eigenvalue weighted by Crippen LogP contribution is 2.35. The average Bonchev–Trinajstić information content (AvgIpc) is 2.32. The van der Waals surface area contributed by atoms with Crippen LogP contribution in [-0.2, 0) is 0 Å². The van der Waals surface area contributed by atoms with Gasteiger partial charge >= 0.3 is 0 Å². The van der Waals surface area contributed by atoms with Crippen molar-refractivity contribution >= 4 is 0 Å². The van der Waals surface area contributed by atoms with E-state index in [-0.39, 0.29) is 0 Å². The molecule has 1 saturated heterocycles. The van der Waals surface area contributed by atoms with E-state index in [1.165, 1.54) is 25.8 Å². The molecule has 1 rings (SSSR count). The van der Waals surface area contributed by atoms with Crippen LogP contribution in [0.3, 0.4) is 0 Å². The number of rotatable bonds is 2. The van der Waals surface area contributed by atoms with E-state index in [4.69, 9.17) is 0 Å². The molecule has 0 spiro atoms. The summed E-state index contributed by atoms with van der Waals surface area (Å²) in [5, 5.41) is 3.55. The lowest BCUT2D eigenvalue weighted by molar-refractivity contribution is 0.262. The highest BCUT2D eigenvalue weighted by atomic mass is 15.0. The van der Waals surface area contributed by atoms with Gasteiger partial charge in [-0.3, -0.25) is 0 Å². The Morgan fingerprint density at radius 2 is 2.20 bits per heavy atom. The molecular weight excluding hydrogens is 122 g/mol. The first-order chi connectivity index (χ1) is 4.73. The highest BCUT2D eigenvalue weighted by molar-refractivity contribution is 4.91. The van der Waals surface area contributed by atoms with Gasteiger partial charge in [-0.1, -0.05) is 20.8 Å². The Kier molecular flexibility index (Phi) is 2.35. The quantitative estimate of drug-likeness (QED) is 0.621. The smallest absolute Gasteiger partial charge is 0.0119 e. The third-order valence-electron chi connectivity index (χ3n) is 3.14. The van der Waals surface area contributed by atoms with E-state index in [2.05, 4.69) is 26.1 Å². The zero-order chi connectivity index (χ0) is 7.61. The van der Waals surface area contributed by atoms with Crippen molar-refractivity contribution in [3.63, 3.8) is 0 Å². The second-order valence-electron chi connectivity index (χ2n) is 3.67. The standard InChI is InChI=1S/C9H19N/c1-4-8-9(3,5-2)6-7-10-8/h8,10H,4-7H2,1-3H3. The summed E-state index contributed by atoms with van der Waals surface area (Å²) in [7, 11) is 0. The maximum atomic E-state index is 3.55. The fraction of sp³-hybridized carbons (Fsp3) is 1.00. The predicted octanol–water partition coefficient (Wildman–Crippen LogP) is 2.17. The summed E-state index contributed by atoms with van der Waals surface area (Å²) in [5.74, 6) is 0. The molecule has 1 heteroatoms. The third kappa shape index (κ3) is 1.20. The van der Waals surface area contributed by atoms with Crippen LogP contribution in [0.15, 0.2) is 0 Å². The first-order valence-electron chi connectivity index (χ1n) is 4.46. The van der Waals surface area contributed by atoms with Crippen molar-refractivity contribution in [3.8, 4) is 0 Å². The monoisotopic (exact) mass is 141 g/mol. The molecule has 0 aliphatic carbocycles. The molecule has 1 aliphatic rings. The minimum atomic E-state index is 0.592. The van der Waals surface area contributed by atoms with Crippen LogP contribution in [0.2, 0.25) is 0 Å². The molecule has 1 nitrogen and oxygen atoms in total. The maximum absolute atomic E-state index is 3.55. The summed E-state index contributed by atoms with van der Waals surface area (Å²) in [4.78, 5) is 0. The van der Waals surface area contributed by atoms with Crippen molar-refractivity contribution in [1.82, 2.24) is 5.32 Å². The van der Waals surface area contributed by atoms with E-state index in [9.17, 15) is 0 Å². The Labute approximate surface area is 64.2 Å². The zero-order valence-corrected chi connectivity index (χ0v) is 7.41. The van der Waals surface area contributed by atoms with Crippen molar-refractivity contribution in [2.24, 2.45) is 5.41 Å². The molecule has 60 valence electrons. The van der Waals surface area contributed by atoms with Gasteiger partial charge in [0, 0.05) is 6.04 Å². The predicted molar refractivity (Wildman–Crippen MR) is 45.1 cm³/mol. The van der Waals surface area contributed by atoms with E-state index in [1.54, 1.807) is 0 Å². The van der Waals surface area contributed by atoms with Crippen LogP contribution in [0.4, 0.5) is 0 Å². The van der Waals surface area contributed by atoms with Gasteiger partial charge in [0.25, 0.3) is 0 Å². The van der Waals surface area contributed by atoms with Gasteiger partial charge in [0.15, 0.2) is 0 Å². The van der Waals surface area contributed by atoms with E-state index in [1.807, 2.05) is 0 Å². The van der Waals surface area contributed by atoms with Gasteiger partial charge in [-0.05, 0) is 31.2 Å². The zero-order valence-electron chi connectivity index (χ0n) is 7.41. The minimum Gasteiger partial charge on any atom is -0.313 e. The van der Waals surface area contributed by atoms with Crippen molar-refractivity contribution < 1.29 is 0 Å². The lowest BCUT2D eigenvalue weighted by Crippen LogP contribution is -2.33. The minimum absolute atomic E-state index is 0.592. The second kappa shape index (κ2) is 2.91. The van der Waals surface area contributed by atoms with Crippen LogP contribution in [0.5, 0.6) is 0 Å². The summed E-state index contributed by atoms with van der Waals surface area (Å²) >= 11 is 0. The molecule has 10 heavy (non-hydrogen) atoms. The molecule has 0 aromatic heterocycles. The fourth-order valence-corrected chi connectivity index (χ4v) is 2.01. The van der Waals surface area contributed by atoms with Crippen molar-refractivity contribution in [2.45, 2.75) is 46.1 Å². The molecule has 1 heterocycles. The summed E-state index contributed by atoms with van der Waals surface area (Å²) < 4.78 is 0. The molecule has 2 unspecified atom stereocenters. The van der Waals surface area contributed by atoms with Gasteiger partial charge < -0.3 is 5.32 Å². The Bertz CT molecular complexity index is 111. The molecule has 0 radical (unpaired) electrons. The van der Waals surface area contributed by atoms with E-state index >= 15 is 0 Å². The Hall–Kier alpha value is -0.0400. The Balaban J connectivity index is 2.56. The van der Waals surface area contributed by atoms with Gasteiger partial charge in [-0.2, -0.15) is 0 Å². The maximum Gasteiger partial charge on any atom is 0.0119 e. The van der Waals surface area contributed by atoms with Gasteiger partial charge in [0.2, 0.25) is 0 Å². The Morgan fingerprint density at radius 3 is 2.60 bits per heavy atom. The Morgan fingerprint density at radius 1 is 1.50 bits per heavy atom. The van der Waals surface area contributed by atoms with E-state index < -0.39 is 0 Å². The van der Waals surface area contributed by atoms with Crippen molar-refractivity contribution in [3.05, 3.63) is 0 Å². The second-order valence-corrected chi connectivity index (χ2v) is 3.67. The third-order valence-corrected chi connectivity index (χ3v) is 3.14. The molecule has 0 bridgehead atoms. The topological polar surface area (TPSA) is 12.0 Å². The van der Waals surface area contributed by atoms with E-state index in [0.717, 1.165) is 6.04 Å². The van der Waals surface area contributed by atoms with Crippen molar-refractivity contribution in [2.75, 3.05) is 6.54 Å². The molecule has 1 fully saturated rings. The number of nitrogens with one attached hydrogen (secondary N) is 1. The van der Waals surface area contributed by atoms with Gasteiger partial charge in [-0.15, -0.1) is 0 Å². The molecule has 1 N–H and O–H groups in total. The normalized spacial score (nSPS) is 40.5. The first kappa shape index (κ1) is 8.06. The van der Waals surface area contributed by atoms with Crippen molar-refractivity contribution in [1.29, 1.82) is 0 Å². The lowest BCUT2D eigenvalue weighted by Gasteiger charge is -2.28. The van der Waals surface area contributed by atoms with Crippen LogP contribution in [-0.4, -0.2) is 12.6 Å². The van der Waals surface area contributed by atoms with Crippen LogP contribution >= 0.6 is 0 Å². The summed E-state index contributed by atoms with van der Waals surface area (Å²) in [6.45, 7) is 8.20. The van der Waals surface area contributed by atoms with Crippen LogP contribution in [0.1, 0.15) is 40.0 Å². The molecule has 1 aliphatic heterocycles.